The summed E-state index contributed by atoms with van der Waals surface area (Å²) in [6.07, 6.45) is 8.40. The highest BCUT2D eigenvalue weighted by Crippen LogP contribution is 2.17. The molecule has 2 heterocycles. The van der Waals surface area contributed by atoms with Gasteiger partial charge in [-0.3, -0.25) is 0 Å². The van der Waals surface area contributed by atoms with Crippen LogP contribution in [0.1, 0.15) is 6.42 Å². The molecule has 2 rings (SSSR count). The molecule has 0 atom stereocenters. The van der Waals surface area contributed by atoms with E-state index in [-0.39, 0.29) is 0 Å². The smallest absolute Gasteiger partial charge is 0.165 e. The quantitative estimate of drug-likeness (QED) is 0.601. The zero-order chi connectivity index (χ0) is 10.3. The van der Waals surface area contributed by atoms with Crippen molar-refractivity contribution in [2.45, 2.75) is 16.7 Å². The van der Waals surface area contributed by atoms with Gasteiger partial charge in [-0.1, -0.05) is 23.5 Å². The first-order chi connectivity index (χ1) is 7.45. The Morgan fingerprint density at radius 1 is 0.933 bits per heavy atom. The van der Waals surface area contributed by atoms with E-state index in [1.807, 2.05) is 12.4 Å². The fourth-order valence-corrected chi connectivity index (χ4v) is 2.78. The third-order valence-electron chi connectivity index (χ3n) is 1.71. The van der Waals surface area contributed by atoms with Crippen molar-refractivity contribution < 1.29 is 0 Å². The van der Waals surface area contributed by atoms with Gasteiger partial charge in [0, 0.05) is 36.3 Å². The Morgan fingerprint density at radius 2 is 1.47 bits per heavy atom. The van der Waals surface area contributed by atoms with E-state index in [4.69, 9.17) is 0 Å². The van der Waals surface area contributed by atoms with Gasteiger partial charge in [0.15, 0.2) is 10.3 Å². The predicted octanol–water partition coefficient (Wildman–Crippen LogP) is 2.41. The number of H-pyrrole nitrogens is 2. The van der Waals surface area contributed by atoms with Crippen LogP contribution in [-0.2, 0) is 0 Å². The largest absolute Gasteiger partial charge is 0.340 e. The Hall–Kier alpha value is -0.880. The van der Waals surface area contributed by atoms with Crippen molar-refractivity contribution in [3.63, 3.8) is 0 Å². The van der Waals surface area contributed by atoms with Gasteiger partial charge in [0.2, 0.25) is 0 Å². The van der Waals surface area contributed by atoms with E-state index in [1.54, 1.807) is 35.9 Å². The third kappa shape index (κ3) is 3.64. The molecule has 2 aromatic rings. The molecule has 0 aliphatic carbocycles. The topological polar surface area (TPSA) is 57.4 Å². The number of nitrogens with one attached hydrogen (secondary N) is 2. The lowest BCUT2D eigenvalue weighted by molar-refractivity contribution is 1.03. The van der Waals surface area contributed by atoms with E-state index in [2.05, 4.69) is 19.9 Å². The van der Waals surface area contributed by atoms with E-state index in [0.29, 0.717) is 0 Å². The van der Waals surface area contributed by atoms with Crippen LogP contribution < -0.4 is 0 Å². The third-order valence-corrected chi connectivity index (χ3v) is 3.69. The standard InChI is InChI=1S/C9H12N4S2/c1(6-14-8-10-2-3-11-8)7-15-9-12-4-5-13-9/h2-5H,1,6-7H2,(H,10,11)(H,12,13). The molecule has 0 spiro atoms. The molecule has 0 bridgehead atoms. The Balaban J connectivity index is 1.56. The second-order valence-corrected chi connectivity index (χ2v) is 5.01. The summed E-state index contributed by atoms with van der Waals surface area (Å²) in [5.41, 5.74) is 0. The maximum absolute atomic E-state index is 4.15. The van der Waals surface area contributed by atoms with Gasteiger partial charge < -0.3 is 9.97 Å². The molecule has 0 aliphatic rings. The number of nitrogens with zero attached hydrogens (tertiary/aromatic N) is 2. The Labute approximate surface area is 96.7 Å². The molecule has 4 nitrogen and oxygen atoms in total. The van der Waals surface area contributed by atoms with Gasteiger partial charge in [-0.25, -0.2) is 9.97 Å². The average Bonchev–Trinajstić information content (AvgIpc) is 2.88. The monoisotopic (exact) mass is 240 g/mol. The summed E-state index contributed by atoms with van der Waals surface area (Å²) in [5, 5.41) is 2.00. The van der Waals surface area contributed by atoms with Gasteiger partial charge in [0.05, 0.1) is 0 Å². The highest BCUT2D eigenvalue weighted by atomic mass is 32.2. The molecule has 15 heavy (non-hydrogen) atoms. The summed E-state index contributed by atoms with van der Waals surface area (Å²) in [6, 6.07) is 0. The first-order valence-corrected chi connectivity index (χ1v) is 6.66. The van der Waals surface area contributed by atoms with Crippen molar-refractivity contribution in [2.75, 3.05) is 11.5 Å². The van der Waals surface area contributed by atoms with Crippen LogP contribution >= 0.6 is 23.5 Å². The fraction of sp³-hybridized carbons (Fsp3) is 0.333. The van der Waals surface area contributed by atoms with Gasteiger partial charge in [-0.05, 0) is 6.42 Å². The summed E-state index contributed by atoms with van der Waals surface area (Å²) in [7, 11) is 0. The Kier molecular flexibility index (Phi) is 4.16. The zero-order valence-electron chi connectivity index (χ0n) is 8.14. The van der Waals surface area contributed by atoms with Crippen LogP contribution in [0.3, 0.4) is 0 Å². The average molecular weight is 240 g/mol. The van der Waals surface area contributed by atoms with Gasteiger partial charge >= 0.3 is 0 Å². The SMILES string of the molecule is c1c[nH]c(SCCCSc2ncc[nH]2)n1. The minimum atomic E-state index is 0.998. The summed E-state index contributed by atoms with van der Waals surface area (Å²) >= 11 is 3.51. The molecule has 2 aromatic heterocycles. The molecule has 0 aliphatic heterocycles. The number of aromatic amines is 2. The summed E-state index contributed by atoms with van der Waals surface area (Å²) in [5.74, 6) is 2.17. The second kappa shape index (κ2) is 5.87. The van der Waals surface area contributed by atoms with E-state index in [1.165, 1.54) is 0 Å². The van der Waals surface area contributed by atoms with E-state index >= 15 is 0 Å². The molecule has 2 N–H and O–H groups in total. The highest BCUT2D eigenvalue weighted by molar-refractivity contribution is 8.00. The van der Waals surface area contributed by atoms with Crippen molar-refractivity contribution in [1.82, 2.24) is 19.9 Å². The Morgan fingerprint density at radius 3 is 1.87 bits per heavy atom. The van der Waals surface area contributed by atoms with Crippen LogP contribution in [-0.4, -0.2) is 31.4 Å². The van der Waals surface area contributed by atoms with Crippen LogP contribution in [0.5, 0.6) is 0 Å². The van der Waals surface area contributed by atoms with Gasteiger partial charge in [-0.2, -0.15) is 0 Å². The van der Waals surface area contributed by atoms with Crippen molar-refractivity contribution in [1.29, 1.82) is 0 Å². The molecule has 0 saturated heterocycles. The normalized spacial score (nSPS) is 10.7. The van der Waals surface area contributed by atoms with Gasteiger partial charge in [0.25, 0.3) is 0 Å². The van der Waals surface area contributed by atoms with Crippen molar-refractivity contribution >= 4 is 23.5 Å². The molecular formula is C9H12N4S2. The summed E-state index contributed by atoms with van der Waals surface area (Å²) in [4.78, 5) is 14.4. The molecule has 80 valence electrons. The lowest BCUT2D eigenvalue weighted by atomic mass is 10.6. The van der Waals surface area contributed by atoms with Crippen molar-refractivity contribution in [3.8, 4) is 0 Å². The number of thioether (sulfide) groups is 2. The molecule has 0 fully saturated rings. The molecule has 0 amide bonds. The molecule has 0 radical (unpaired) electrons. The number of rotatable bonds is 6. The maximum Gasteiger partial charge on any atom is 0.165 e. The minimum absolute atomic E-state index is 0.998. The van der Waals surface area contributed by atoms with Crippen molar-refractivity contribution in [2.24, 2.45) is 0 Å². The molecule has 6 heteroatoms. The first-order valence-electron chi connectivity index (χ1n) is 4.69. The van der Waals surface area contributed by atoms with Crippen LogP contribution in [0.15, 0.2) is 35.1 Å². The van der Waals surface area contributed by atoms with E-state index in [9.17, 15) is 0 Å². The van der Waals surface area contributed by atoms with Crippen molar-refractivity contribution in [3.05, 3.63) is 24.8 Å². The number of hydrogen-bond donors (Lipinski definition) is 2. The summed E-state index contributed by atoms with van der Waals surface area (Å²) < 4.78 is 0. The molecular weight excluding hydrogens is 228 g/mol. The first kappa shape index (κ1) is 10.6. The highest BCUT2D eigenvalue weighted by Gasteiger charge is 1.97. The van der Waals surface area contributed by atoms with Crippen LogP contribution in [0, 0.1) is 0 Å². The maximum atomic E-state index is 4.15. The molecule has 0 saturated carbocycles. The zero-order valence-corrected chi connectivity index (χ0v) is 9.77. The lowest BCUT2D eigenvalue weighted by Crippen LogP contribution is -1.86. The Bertz CT molecular complexity index is 321. The molecule has 0 aromatic carbocycles. The number of hydrogen-bond acceptors (Lipinski definition) is 4. The predicted molar refractivity (Wildman–Crippen MR) is 63.2 cm³/mol. The van der Waals surface area contributed by atoms with Crippen LogP contribution in [0.25, 0.3) is 0 Å². The van der Waals surface area contributed by atoms with Crippen LogP contribution in [0.2, 0.25) is 0 Å². The number of imidazole rings is 2. The van der Waals surface area contributed by atoms with E-state index < -0.39 is 0 Å². The summed E-state index contributed by atoms with van der Waals surface area (Å²) in [6.45, 7) is 0. The second-order valence-electron chi connectivity index (χ2n) is 2.84. The molecule has 0 unspecified atom stereocenters. The minimum Gasteiger partial charge on any atom is -0.340 e. The lowest BCUT2D eigenvalue weighted by Gasteiger charge is -1.97. The van der Waals surface area contributed by atoms with Crippen LogP contribution in [0.4, 0.5) is 0 Å². The van der Waals surface area contributed by atoms with Gasteiger partial charge in [0.1, 0.15) is 0 Å². The van der Waals surface area contributed by atoms with E-state index in [0.717, 1.165) is 28.2 Å². The van der Waals surface area contributed by atoms with Gasteiger partial charge in [-0.15, -0.1) is 0 Å². The fourth-order valence-electron chi connectivity index (χ4n) is 1.06. The number of aromatic nitrogens is 4.